The molecule has 0 fully saturated rings. The first-order valence-corrected chi connectivity index (χ1v) is 6.68. The van der Waals surface area contributed by atoms with E-state index in [2.05, 4.69) is 0 Å². The summed E-state index contributed by atoms with van der Waals surface area (Å²) in [5.74, 6) is -0.120. The number of rotatable bonds is 4. The molecule has 0 radical (unpaired) electrons. The van der Waals surface area contributed by atoms with Crippen LogP contribution < -0.4 is 0 Å². The molecule has 0 bridgehead atoms. The predicted octanol–water partition coefficient (Wildman–Crippen LogP) is 3.80. The van der Waals surface area contributed by atoms with E-state index in [1.165, 1.54) is 0 Å². The first kappa shape index (κ1) is 13.2. The van der Waals surface area contributed by atoms with Crippen molar-refractivity contribution in [3.63, 3.8) is 0 Å². The van der Waals surface area contributed by atoms with Crippen molar-refractivity contribution >= 4 is 5.97 Å². The van der Waals surface area contributed by atoms with Crippen molar-refractivity contribution in [1.82, 2.24) is 4.57 Å². The van der Waals surface area contributed by atoms with Gasteiger partial charge in [-0.05, 0) is 30.7 Å². The van der Waals surface area contributed by atoms with Crippen LogP contribution >= 0.6 is 0 Å². The number of aromatic nitrogens is 1. The Hall–Kier alpha value is -2.75. The Labute approximate surface area is 122 Å². The van der Waals surface area contributed by atoms with Gasteiger partial charge in [0, 0.05) is 11.4 Å². The van der Waals surface area contributed by atoms with Gasteiger partial charge in [0.25, 0.3) is 0 Å². The van der Waals surface area contributed by atoms with E-state index in [-0.39, 0.29) is 0 Å². The van der Waals surface area contributed by atoms with E-state index in [0.717, 1.165) is 22.7 Å². The minimum absolute atomic E-state index is 0.320. The second kappa shape index (κ2) is 5.32. The van der Waals surface area contributed by atoms with Crippen molar-refractivity contribution in [1.29, 1.82) is 0 Å². The molecule has 0 atom stereocenters. The second-order valence-corrected chi connectivity index (χ2v) is 4.87. The fraction of sp³-hybridized carbons (Fsp3) is 0.118. The van der Waals surface area contributed by atoms with Gasteiger partial charge in [0.05, 0.1) is 18.4 Å². The number of carboxylic acids is 1. The summed E-state index contributed by atoms with van der Waals surface area (Å²) in [6.45, 7) is 2.33. The Bertz CT molecular complexity index is 755. The lowest BCUT2D eigenvalue weighted by atomic mass is 10.1. The topological polar surface area (TPSA) is 55.4 Å². The number of furan rings is 1. The molecule has 0 aliphatic carbocycles. The van der Waals surface area contributed by atoms with Gasteiger partial charge in [-0.2, -0.15) is 0 Å². The number of carbonyl (C=O) groups is 1. The normalized spacial score (nSPS) is 10.7. The third kappa shape index (κ3) is 2.48. The van der Waals surface area contributed by atoms with Crippen LogP contribution in [0, 0.1) is 6.92 Å². The molecular formula is C17H15NO3. The van der Waals surface area contributed by atoms with Crippen LogP contribution in [0.25, 0.3) is 11.3 Å². The fourth-order valence-electron chi connectivity index (χ4n) is 2.47. The molecule has 0 amide bonds. The maximum Gasteiger partial charge on any atom is 0.337 e. The van der Waals surface area contributed by atoms with E-state index in [4.69, 9.17) is 4.42 Å². The molecule has 0 saturated carbocycles. The van der Waals surface area contributed by atoms with Gasteiger partial charge in [0.1, 0.15) is 5.76 Å². The lowest BCUT2D eigenvalue weighted by Crippen LogP contribution is -2.05. The number of benzene rings is 1. The van der Waals surface area contributed by atoms with Gasteiger partial charge in [-0.1, -0.05) is 30.3 Å². The largest absolute Gasteiger partial charge is 0.478 e. The van der Waals surface area contributed by atoms with Crippen LogP contribution in [0.3, 0.4) is 0 Å². The smallest absolute Gasteiger partial charge is 0.337 e. The van der Waals surface area contributed by atoms with Crippen LogP contribution in [0.2, 0.25) is 0 Å². The first-order chi connectivity index (χ1) is 10.2. The zero-order valence-corrected chi connectivity index (χ0v) is 11.6. The molecule has 1 aromatic carbocycles. The number of aromatic carboxylic acids is 1. The molecule has 0 aliphatic heterocycles. The van der Waals surface area contributed by atoms with Gasteiger partial charge in [-0.25, -0.2) is 4.79 Å². The zero-order chi connectivity index (χ0) is 14.8. The number of nitrogens with zero attached hydrogens (tertiary/aromatic N) is 1. The molecule has 0 aliphatic rings. The molecule has 106 valence electrons. The SMILES string of the molecule is Cc1c(C(=O)O)cc(-c2ccccc2)n1Cc1ccco1. The highest BCUT2D eigenvalue weighted by atomic mass is 16.4. The first-order valence-electron chi connectivity index (χ1n) is 6.68. The van der Waals surface area contributed by atoms with Crippen molar-refractivity contribution in [3.8, 4) is 11.3 Å². The average Bonchev–Trinajstić information content (AvgIpc) is 3.10. The summed E-state index contributed by atoms with van der Waals surface area (Å²) in [5, 5.41) is 9.34. The van der Waals surface area contributed by atoms with Gasteiger partial charge in [0.2, 0.25) is 0 Å². The monoisotopic (exact) mass is 281 g/mol. The van der Waals surface area contributed by atoms with Crippen LogP contribution in [0.4, 0.5) is 0 Å². The minimum atomic E-state index is -0.914. The molecule has 4 heteroatoms. The Morgan fingerprint density at radius 1 is 1.19 bits per heavy atom. The maximum atomic E-state index is 11.4. The van der Waals surface area contributed by atoms with Crippen LogP contribution in [0.1, 0.15) is 21.8 Å². The van der Waals surface area contributed by atoms with Gasteiger partial charge in [-0.15, -0.1) is 0 Å². The van der Waals surface area contributed by atoms with Crippen LogP contribution in [-0.4, -0.2) is 15.6 Å². The third-order valence-electron chi connectivity index (χ3n) is 3.56. The molecule has 2 heterocycles. The highest BCUT2D eigenvalue weighted by Gasteiger charge is 2.18. The van der Waals surface area contributed by atoms with Gasteiger partial charge >= 0.3 is 5.97 Å². The molecule has 21 heavy (non-hydrogen) atoms. The molecule has 4 nitrogen and oxygen atoms in total. The van der Waals surface area contributed by atoms with Crippen LogP contribution in [0.5, 0.6) is 0 Å². The molecule has 3 rings (SSSR count). The lowest BCUT2D eigenvalue weighted by molar-refractivity contribution is 0.0696. The number of hydrogen-bond acceptors (Lipinski definition) is 2. The fourth-order valence-corrected chi connectivity index (χ4v) is 2.47. The summed E-state index contributed by atoms with van der Waals surface area (Å²) in [4.78, 5) is 11.4. The van der Waals surface area contributed by atoms with Crippen molar-refractivity contribution < 1.29 is 14.3 Å². The Morgan fingerprint density at radius 3 is 2.57 bits per heavy atom. The van der Waals surface area contributed by atoms with Crippen LogP contribution in [-0.2, 0) is 6.54 Å². The molecule has 1 N–H and O–H groups in total. The van der Waals surface area contributed by atoms with E-state index < -0.39 is 5.97 Å². The maximum absolute atomic E-state index is 11.4. The molecular weight excluding hydrogens is 266 g/mol. The standard InChI is InChI=1S/C17H15NO3/c1-12-15(17(19)20)10-16(13-6-3-2-4-7-13)18(12)11-14-8-5-9-21-14/h2-10H,11H2,1H3,(H,19,20). The summed E-state index contributed by atoms with van der Waals surface area (Å²) >= 11 is 0. The van der Waals surface area contributed by atoms with Crippen molar-refractivity contribution in [3.05, 3.63) is 71.8 Å². The highest BCUT2D eigenvalue weighted by Crippen LogP contribution is 2.27. The van der Waals surface area contributed by atoms with E-state index in [0.29, 0.717) is 12.1 Å². The molecule has 3 aromatic rings. The van der Waals surface area contributed by atoms with Crippen molar-refractivity contribution in [2.45, 2.75) is 13.5 Å². The Morgan fingerprint density at radius 2 is 1.95 bits per heavy atom. The van der Waals surface area contributed by atoms with Gasteiger partial charge in [0.15, 0.2) is 0 Å². The Balaban J connectivity index is 2.13. The van der Waals surface area contributed by atoms with Gasteiger partial charge in [-0.3, -0.25) is 0 Å². The second-order valence-electron chi connectivity index (χ2n) is 4.87. The summed E-state index contributed by atoms with van der Waals surface area (Å²) in [6.07, 6.45) is 1.62. The minimum Gasteiger partial charge on any atom is -0.478 e. The average molecular weight is 281 g/mol. The molecule has 0 saturated heterocycles. The zero-order valence-electron chi connectivity index (χ0n) is 11.6. The molecule has 2 aromatic heterocycles. The van der Waals surface area contributed by atoms with Crippen LogP contribution in [0.15, 0.2) is 59.2 Å². The summed E-state index contributed by atoms with van der Waals surface area (Å²) < 4.78 is 7.35. The van der Waals surface area contributed by atoms with E-state index in [1.54, 1.807) is 12.3 Å². The van der Waals surface area contributed by atoms with Crippen molar-refractivity contribution in [2.24, 2.45) is 0 Å². The number of hydrogen-bond donors (Lipinski definition) is 1. The quantitative estimate of drug-likeness (QED) is 0.791. The van der Waals surface area contributed by atoms with E-state index in [1.807, 2.05) is 54.0 Å². The Kier molecular flexibility index (Phi) is 3.36. The summed E-state index contributed by atoms with van der Waals surface area (Å²) in [6, 6.07) is 15.2. The lowest BCUT2D eigenvalue weighted by Gasteiger charge is -2.10. The summed E-state index contributed by atoms with van der Waals surface area (Å²) in [7, 11) is 0. The summed E-state index contributed by atoms with van der Waals surface area (Å²) in [5.41, 5.74) is 2.90. The van der Waals surface area contributed by atoms with Crippen molar-refractivity contribution in [2.75, 3.05) is 0 Å². The van der Waals surface area contributed by atoms with Gasteiger partial charge < -0.3 is 14.1 Å². The van der Waals surface area contributed by atoms with E-state index >= 15 is 0 Å². The molecule has 0 unspecified atom stereocenters. The highest BCUT2D eigenvalue weighted by molar-refractivity contribution is 5.91. The third-order valence-corrected chi connectivity index (χ3v) is 3.56. The number of carboxylic acid groups (broad SMARTS) is 1. The molecule has 0 spiro atoms. The van der Waals surface area contributed by atoms with E-state index in [9.17, 15) is 9.90 Å². The predicted molar refractivity (Wildman–Crippen MR) is 79.4 cm³/mol.